The summed E-state index contributed by atoms with van der Waals surface area (Å²) < 4.78 is 16.3. The minimum absolute atomic E-state index is 0.216. The lowest BCUT2D eigenvalue weighted by Crippen LogP contribution is -2.28. The highest BCUT2D eigenvalue weighted by Gasteiger charge is 2.37. The van der Waals surface area contributed by atoms with Crippen molar-refractivity contribution in [3.05, 3.63) is 51.3 Å². The first-order valence-corrected chi connectivity index (χ1v) is 10.1. The molecule has 0 unspecified atom stereocenters. The van der Waals surface area contributed by atoms with Gasteiger partial charge in [0.05, 0.1) is 24.8 Å². The van der Waals surface area contributed by atoms with Crippen molar-refractivity contribution < 1.29 is 33.7 Å². The molecule has 156 valence electrons. The predicted octanol–water partition coefficient (Wildman–Crippen LogP) is 4.17. The highest BCUT2D eigenvalue weighted by molar-refractivity contribution is 9.10. The summed E-state index contributed by atoms with van der Waals surface area (Å²) in [5.41, 5.74) is 0.917. The molecule has 8 nitrogen and oxygen atoms in total. The smallest absolute Gasteiger partial charge is 0.341 e. The number of aliphatic carboxylic acids is 1. The number of amides is 2. The maximum Gasteiger partial charge on any atom is 0.341 e. The molecular weight excluding hydrogens is 478 g/mol. The number of hydrogen-bond donors (Lipinski definition) is 1. The number of carboxylic acids is 1. The van der Waals surface area contributed by atoms with Gasteiger partial charge in [0.15, 0.2) is 18.1 Å². The lowest BCUT2D eigenvalue weighted by Gasteiger charge is -2.15. The fourth-order valence-corrected chi connectivity index (χ4v) is 3.97. The van der Waals surface area contributed by atoms with E-state index in [2.05, 4.69) is 15.9 Å². The fraction of sp³-hybridized carbons (Fsp3) is 0.150. The quantitative estimate of drug-likeness (QED) is 0.573. The highest BCUT2D eigenvalue weighted by Crippen LogP contribution is 2.41. The monoisotopic (exact) mass is 493 g/mol. The molecule has 0 spiro atoms. The van der Waals surface area contributed by atoms with Crippen LogP contribution in [0.1, 0.15) is 5.56 Å². The number of methoxy groups -OCH3 is 2. The van der Waals surface area contributed by atoms with Gasteiger partial charge in [0.1, 0.15) is 5.75 Å². The first-order valence-electron chi connectivity index (χ1n) is 8.48. The Kier molecular flexibility index (Phi) is 6.68. The molecule has 0 atom stereocenters. The van der Waals surface area contributed by atoms with Crippen molar-refractivity contribution in [2.75, 3.05) is 25.7 Å². The van der Waals surface area contributed by atoms with E-state index in [-0.39, 0.29) is 16.4 Å². The molecule has 10 heteroatoms. The van der Waals surface area contributed by atoms with Gasteiger partial charge in [-0.25, -0.2) is 9.69 Å². The summed E-state index contributed by atoms with van der Waals surface area (Å²) in [6.45, 7) is -0.528. The minimum Gasteiger partial charge on any atom is -0.495 e. The average molecular weight is 494 g/mol. The molecule has 30 heavy (non-hydrogen) atoms. The molecule has 2 aromatic rings. The molecule has 1 saturated heterocycles. The van der Waals surface area contributed by atoms with Gasteiger partial charge in [-0.1, -0.05) is 28.1 Å². The minimum atomic E-state index is -1.12. The normalized spacial score (nSPS) is 14.9. The average Bonchev–Trinajstić information content (AvgIpc) is 3.00. The summed E-state index contributed by atoms with van der Waals surface area (Å²) >= 11 is 4.18. The number of rotatable bonds is 7. The van der Waals surface area contributed by atoms with Gasteiger partial charge in [0.25, 0.3) is 11.1 Å². The Balaban J connectivity index is 1.94. The lowest BCUT2D eigenvalue weighted by molar-refractivity contribution is -0.139. The van der Waals surface area contributed by atoms with Crippen molar-refractivity contribution in [2.45, 2.75) is 0 Å². The maximum atomic E-state index is 12.9. The number of hydrogen-bond acceptors (Lipinski definition) is 7. The number of nitrogens with zero attached hydrogens (tertiary/aromatic N) is 1. The van der Waals surface area contributed by atoms with E-state index in [1.165, 1.54) is 20.3 Å². The zero-order valence-corrected chi connectivity index (χ0v) is 18.3. The van der Waals surface area contributed by atoms with Gasteiger partial charge in [-0.3, -0.25) is 9.59 Å². The molecule has 2 aromatic carbocycles. The fourth-order valence-electron chi connectivity index (χ4n) is 2.70. The second-order valence-electron chi connectivity index (χ2n) is 5.90. The molecule has 0 radical (unpaired) electrons. The van der Waals surface area contributed by atoms with Gasteiger partial charge >= 0.3 is 5.97 Å². The molecule has 2 amide bonds. The van der Waals surface area contributed by atoms with E-state index >= 15 is 0 Å². The van der Waals surface area contributed by atoms with E-state index in [0.29, 0.717) is 21.5 Å². The number of thioether (sulfide) groups is 1. The van der Waals surface area contributed by atoms with Gasteiger partial charge in [0.2, 0.25) is 0 Å². The SMILES string of the molecule is COc1cc(/C=C2\SC(=O)N(c3ccccc3OC)C2=O)c(Br)cc1OCC(=O)O. The molecular formula is C20H16BrNO7S. The number of imide groups is 1. The first kappa shape index (κ1) is 21.7. The van der Waals surface area contributed by atoms with Gasteiger partial charge in [-0.15, -0.1) is 0 Å². The number of halogens is 1. The first-order chi connectivity index (χ1) is 14.3. The topological polar surface area (TPSA) is 102 Å². The largest absolute Gasteiger partial charge is 0.495 e. The Hall–Kier alpha value is -2.98. The van der Waals surface area contributed by atoms with Crippen molar-refractivity contribution >= 4 is 56.6 Å². The molecule has 0 aliphatic carbocycles. The van der Waals surface area contributed by atoms with Crippen molar-refractivity contribution in [1.29, 1.82) is 0 Å². The zero-order chi connectivity index (χ0) is 21.8. The van der Waals surface area contributed by atoms with Crippen LogP contribution in [0.2, 0.25) is 0 Å². The van der Waals surface area contributed by atoms with Crippen molar-refractivity contribution in [1.82, 2.24) is 0 Å². The Morgan fingerprint density at radius 1 is 1.13 bits per heavy atom. The Morgan fingerprint density at radius 3 is 2.50 bits per heavy atom. The van der Waals surface area contributed by atoms with Crippen LogP contribution in [0.15, 0.2) is 45.8 Å². The van der Waals surface area contributed by atoms with Crippen LogP contribution in [0.4, 0.5) is 10.5 Å². The number of benzene rings is 2. The zero-order valence-electron chi connectivity index (χ0n) is 15.9. The van der Waals surface area contributed by atoms with E-state index < -0.39 is 23.7 Å². The second-order valence-corrected chi connectivity index (χ2v) is 7.74. The number of carboxylic acid groups (broad SMARTS) is 1. The van der Waals surface area contributed by atoms with Crippen LogP contribution < -0.4 is 19.1 Å². The van der Waals surface area contributed by atoms with E-state index in [1.54, 1.807) is 36.4 Å². The molecule has 1 heterocycles. The third kappa shape index (κ3) is 4.44. The summed E-state index contributed by atoms with van der Waals surface area (Å²) in [7, 11) is 2.88. The Labute approximate surface area is 184 Å². The van der Waals surface area contributed by atoms with Crippen LogP contribution in [-0.2, 0) is 9.59 Å². The number of carbonyl (C=O) groups excluding carboxylic acids is 2. The van der Waals surface area contributed by atoms with Crippen molar-refractivity contribution in [2.24, 2.45) is 0 Å². The molecule has 1 N–H and O–H groups in total. The van der Waals surface area contributed by atoms with Crippen LogP contribution in [0.5, 0.6) is 17.2 Å². The number of para-hydroxylation sites is 2. The van der Waals surface area contributed by atoms with Crippen molar-refractivity contribution in [3.8, 4) is 17.2 Å². The van der Waals surface area contributed by atoms with Gasteiger partial charge in [-0.2, -0.15) is 0 Å². The number of anilines is 1. The van der Waals surface area contributed by atoms with Crippen LogP contribution in [0.3, 0.4) is 0 Å². The molecule has 3 rings (SSSR count). The molecule has 1 fully saturated rings. The van der Waals surface area contributed by atoms with Crippen LogP contribution >= 0.6 is 27.7 Å². The standard InChI is InChI=1S/C20H16BrNO7S/c1-27-14-6-4-3-5-13(14)22-19(25)17(30-20(22)26)8-11-7-15(28-2)16(9-12(11)21)29-10-18(23)24/h3-9H,10H2,1-2H3,(H,23,24)/b17-8-. The summed E-state index contributed by atoms with van der Waals surface area (Å²) in [5, 5.41) is 8.35. The third-order valence-corrected chi connectivity index (χ3v) is 5.60. The predicted molar refractivity (Wildman–Crippen MR) is 115 cm³/mol. The third-order valence-electron chi connectivity index (χ3n) is 4.04. The summed E-state index contributed by atoms with van der Waals surface area (Å²) in [6, 6.07) is 9.87. The number of ether oxygens (including phenoxy) is 3. The summed E-state index contributed by atoms with van der Waals surface area (Å²) in [5.74, 6) is -0.682. The van der Waals surface area contributed by atoms with E-state index in [4.69, 9.17) is 19.3 Å². The van der Waals surface area contributed by atoms with Crippen LogP contribution in [-0.4, -0.2) is 43.0 Å². The second kappa shape index (κ2) is 9.23. The van der Waals surface area contributed by atoms with Crippen molar-refractivity contribution in [3.63, 3.8) is 0 Å². The Bertz CT molecular complexity index is 1050. The van der Waals surface area contributed by atoms with E-state index in [0.717, 1.165) is 16.7 Å². The van der Waals surface area contributed by atoms with Crippen LogP contribution in [0, 0.1) is 0 Å². The summed E-state index contributed by atoms with van der Waals surface area (Å²) in [6.07, 6.45) is 1.55. The molecule has 1 aliphatic rings. The van der Waals surface area contributed by atoms with Crippen LogP contribution in [0.25, 0.3) is 6.08 Å². The molecule has 0 bridgehead atoms. The summed E-state index contributed by atoms with van der Waals surface area (Å²) in [4.78, 5) is 37.5. The highest BCUT2D eigenvalue weighted by atomic mass is 79.9. The van der Waals surface area contributed by atoms with E-state index in [9.17, 15) is 14.4 Å². The van der Waals surface area contributed by atoms with E-state index in [1.807, 2.05) is 0 Å². The maximum absolute atomic E-state index is 12.9. The Morgan fingerprint density at radius 2 is 1.83 bits per heavy atom. The molecule has 1 aliphatic heterocycles. The van der Waals surface area contributed by atoms with Gasteiger partial charge in [0, 0.05) is 4.47 Å². The lowest BCUT2D eigenvalue weighted by atomic mass is 10.1. The van der Waals surface area contributed by atoms with Gasteiger partial charge < -0.3 is 19.3 Å². The number of carbonyl (C=O) groups is 3. The molecule has 0 saturated carbocycles. The molecule has 0 aromatic heterocycles. The van der Waals surface area contributed by atoms with Gasteiger partial charge in [-0.05, 0) is 47.7 Å².